The van der Waals surface area contributed by atoms with E-state index < -0.39 is 18.6 Å². The average molecular weight is 411 g/mol. The van der Waals surface area contributed by atoms with Gasteiger partial charge in [-0.1, -0.05) is 0 Å². The fourth-order valence-electron chi connectivity index (χ4n) is 2.92. The zero-order valence-corrected chi connectivity index (χ0v) is 16.6. The molecule has 2 aliphatic heterocycles. The van der Waals surface area contributed by atoms with Crippen molar-refractivity contribution in [1.82, 2.24) is 4.90 Å². The van der Waals surface area contributed by atoms with Gasteiger partial charge in [0, 0.05) is 38.3 Å². The fraction of sp³-hybridized carbons (Fsp3) is 0.375. The molecule has 2 aliphatic rings. The maximum atomic E-state index is 12.8. The van der Waals surface area contributed by atoms with Crippen LogP contribution in [0.2, 0.25) is 0 Å². The zero-order valence-electron chi connectivity index (χ0n) is 14.9. The van der Waals surface area contributed by atoms with Crippen LogP contribution in [0.3, 0.4) is 0 Å². The van der Waals surface area contributed by atoms with Crippen LogP contribution in [0.15, 0.2) is 40.3 Å². The molecular weight excluding hydrogens is 393 g/mol. The first kappa shape index (κ1) is 19.8. The molecule has 1 aromatic carbocycles. The third kappa shape index (κ3) is 3.45. The Morgan fingerprint density at radius 1 is 1.33 bits per heavy atom. The molecule has 0 N–H and O–H groups in total. The summed E-state index contributed by atoms with van der Waals surface area (Å²) in [4.78, 5) is 28.6. The van der Waals surface area contributed by atoms with Crippen LogP contribution in [0.1, 0.15) is 12.5 Å². The number of carbonyl (C=O) groups excluding carboxylic acids is 1. The normalized spacial score (nSPS) is 22.8. The predicted molar refractivity (Wildman–Crippen MR) is 102 cm³/mol. The van der Waals surface area contributed by atoms with E-state index in [1.54, 1.807) is 19.1 Å². The lowest BCUT2D eigenvalue weighted by Gasteiger charge is -2.49. The van der Waals surface area contributed by atoms with Gasteiger partial charge in [0.15, 0.2) is 6.04 Å². The lowest BCUT2D eigenvalue weighted by Crippen LogP contribution is -2.63. The Bertz CT molecular complexity index is 877. The van der Waals surface area contributed by atoms with E-state index in [2.05, 4.69) is 4.99 Å². The summed E-state index contributed by atoms with van der Waals surface area (Å²) < 4.78 is 23.0. The molecule has 27 heavy (non-hydrogen) atoms. The molecule has 0 saturated carbocycles. The summed E-state index contributed by atoms with van der Waals surface area (Å²) in [5, 5.41) is 10.4. The summed E-state index contributed by atoms with van der Waals surface area (Å²) in [5.41, 5.74) is 1.71. The van der Waals surface area contributed by atoms with Gasteiger partial charge in [-0.25, -0.2) is 0 Å². The van der Waals surface area contributed by atoms with Crippen molar-refractivity contribution >= 4 is 37.2 Å². The van der Waals surface area contributed by atoms with Crippen molar-refractivity contribution < 1.29 is 23.3 Å². The Balaban J connectivity index is 1.80. The van der Waals surface area contributed by atoms with Crippen LogP contribution in [0.5, 0.6) is 0 Å². The molecule has 1 aromatic rings. The highest BCUT2D eigenvalue weighted by Gasteiger charge is 2.55. The standard InChI is InChI=1S/C16H18N3O6PS/c1-10-9-27-16-13(14(20)18(16)15(10)26(23,24-2)25-3)17-8-11-4-6-12(7-5-11)19(21)22/h4-8,13,16H,9H2,1-3H3/b17-8+/t13-,16-/m1/s1. The monoisotopic (exact) mass is 411 g/mol. The second-order valence-corrected chi connectivity index (χ2v) is 9.20. The van der Waals surface area contributed by atoms with Crippen molar-refractivity contribution in [2.75, 3.05) is 20.0 Å². The zero-order chi connectivity index (χ0) is 19.8. The largest absolute Gasteiger partial charge is 0.377 e. The minimum Gasteiger partial charge on any atom is -0.308 e. The van der Waals surface area contributed by atoms with Gasteiger partial charge in [-0.3, -0.25) is 29.4 Å². The second kappa shape index (κ2) is 7.55. The predicted octanol–water partition coefficient (Wildman–Crippen LogP) is 3.01. The van der Waals surface area contributed by atoms with Crippen molar-refractivity contribution in [1.29, 1.82) is 0 Å². The maximum Gasteiger partial charge on any atom is 0.377 e. The van der Waals surface area contributed by atoms with Crippen molar-refractivity contribution in [3.8, 4) is 0 Å². The first-order valence-corrected chi connectivity index (χ1v) is 10.6. The molecule has 3 rings (SSSR count). The third-order valence-corrected chi connectivity index (χ3v) is 7.81. The van der Waals surface area contributed by atoms with Gasteiger partial charge in [0.25, 0.3) is 11.6 Å². The number of fused-ring (bicyclic) bond motifs is 1. The Hall–Kier alpha value is -2.00. The van der Waals surface area contributed by atoms with Crippen LogP contribution in [-0.4, -0.2) is 53.3 Å². The molecule has 0 radical (unpaired) electrons. The van der Waals surface area contributed by atoms with E-state index in [9.17, 15) is 19.5 Å². The number of non-ortho nitro benzene ring substituents is 1. The van der Waals surface area contributed by atoms with E-state index in [4.69, 9.17) is 9.05 Å². The Morgan fingerprint density at radius 2 is 1.96 bits per heavy atom. The molecule has 0 unspecified atom stereocenters. The van der Waals surface area contributed by atoms with E-state index >= 15 is 0 Å². The van der Waals surface area contributed by atoms with E-state index in [1.807, 2.05) is 0 Å². The molecule has 0 bridgehead atoms. The van der Waals surface area contributed by atoms with Crippen molar-refractivity contribution in [2.24, 2.45) is 4.99 Å². The first-order chi connectivity index (χ1) is 12.8. The van der Waals surface area contributed by atoms with Crippen molar-refractivity contribution in [2.45, 2.75) is 18.3 Å². The summed E-state index contributed by atoms with van der Waals surface area (Å²) in [6.45, 7) is 1.80. The minimum atomic E-state index is -3.56. The quantitative estimate of drug-likeness (QED) is 0.233. The van der Waals surface area contributed by atoms with Gasteiger partial charge >= 0.3 is 7.60 Å². The average Bonchev–Trinajstić information content (AvgIpc) is 2.67. The van der Waals surface area contributed by atoms with Gasteiger partial charge in [0.1, 0.15) is 10.8 Å². The lowest BCUT2D eigenvalue weighted by molar-refractivity contribution is -0.384. The van der Waals surface area contributed by atoms with Gasteiger partial charge in [-0.05, 0) is 30.2 Å². The molecular formula is C16H18N3O6PS. The molecule has 0 aliphatic carbocycles. The second-order valence-electron chi connectivity index (χ2n) is 5.95. The number of amides is 1. The van der Waals surface area contributed by atoms with Gasteiger partial charge in [0.05, 0.1) is 4.92 Å². The van der Waals surface area contributed by atoms with Gasteiger partial charge in [-0.2, -0.15) is 0 Å². The van der Waals surface area contributed by atoms with Crippen molar-refractivity contribution in [3.63, 3.8) is 0 Å². The third-order valence-electron chi connectivity index (χ3n) is 4.32. The number of nitrogens with zero attached hydrogens (tertiary/aromatic N) is 3. The first-order valence-electron chi connectivity index (χ1n) is 7.96. The molecule has 1 fully saturated rings. The lowest BCUT2D eigenvalue weighted by atomic mass is 10.1. The van der Waals surface area contributed by atoms with Gasteiger partial charge in [-0.15, -0.1) is 11.8 Å². The number of aliphatic imine (C=N–C) groups is 1. The number of benzene rings is 1. The molecule has 144 valence electrons. The van der Waals surface area contributed by atoms with Crippen LogP contribution >= 0.6 is 19.4 Å². The summed E-state index contributed by atoms with van der Waals surface area (Å²) in [7, 11) is -0.980. The van der Waals surface area contributed by atoms with E-state index in [-0.39, 0.29) is 17.0 Å². The van der Waals surface area contributed by atoms with Crippen LogP contribution in [0.25, 0.3) is 0 Å². The van der Waals surface area contributed by atoms with Gasteiger partial charge < -0.3 is 9.05 Å². The smallest absolute Gasteiger partial charge is 0.308 e. The van der Waals surface area contributed by atoms with Crippen LogP contribution in [0, 0.1) is 10.1 Å². The highest BCUT2D eigenvalue weighted by molar-refractivity contribution is 8.00. The summed E-state index contributed by atoms with van der Waals surface area (Å²) >= 11 is 1.53. The fourth-order valence-corrected chi connectivity index (χ4v) is 5.92. The van der Waals surface area contributed by atoms with Crippen LogP contribution < -0.4 is 0 Å². The molecule has 0 aromatic heterocycles. The molecule has 9 nitrogen and oxygen atoms in total. The number of β-lactam (4-membered cyclic amide) rings is 1. The Morgan fingerprint density at radius 3 is 2.52 bits per heavy atom. The number of hydrogen-bond acceptors (Lipinski definition) is 8. The molecule has 2 atom stereocenters. The van der Waals surface area contributed by atoms with E-state index in [1.165, 1.54) is 49.2 Å². The maximum absolute atomic E-state index is 12.8. The Labute approximate surface area is 160 Å². The van der Waals surface area contributed by atoms with Crippen molar-refractivity contribution in [3.05, 3.63) is 51.0 Å². The SMILES string of the molecule is COP(=O)(OC)C1=C(C)CS[C@@H]2[C@H](/N=C/c3ccc([N+](=O)[O-])cc3)C(=O)N12. The summed E-state index contributed by atoms with van der Waals surface area (Å²) in [6.07, 6.45) is 1.52. The van der Waals surface area contributed by atoms with Gasteiger partial charge in [0.2, 0.25) is 0 Å². The van der Waals surface area contributed by atoms with E-state index in [0.717, 1.165) is 5.57 Å². The molecule has 1 saturated heterocycles. The molecule has 0 spiro atoms. The number of carbonyl (C=O) groups is 1. The highest BCUT2D eigenvalue weighted by Crippen LogP contribution is 2.61. The van der Waals surface area contributed by atoms with Crippen LogP contribution in [0.4, 0.5) is 5.69 Å². The number of rotatable bonds is 6. The number of hydrogen-bond donors (Lipinski definition) is 0. The summed E-state index contributed by atoms with van der Waals surface area (Å²) in [5.74, 6) is 0.304. The molecule has 1 amide bonds. The summed E-state index contributed by atoms with van der Waals surface area (Å²) in [6, 6.07) is 5.27. The topological polar surface area (TPSA) is 111 Å². The molecule has 2 heterocycles. The number of nitro groups is 1. The van der Waals surface area contributed by atoms with Crippen LogP contribution in [-0.2, 0) is 18.4 Å². The number of thioether (sulfide) groups is 1. The highest BCUT2D eigenvalue weighted by atomic mass is 32.2. The number of nitro benzene ring substituents is 1. The minimum absolute atomic E-state index is 0.0129. The Kier molecular flexibility index (Phi) is 5.53. The molecule has 11 heteroatoms. The van der Waals surface area contributed by atoms with E-state index in [0.29, 0.717) is 16.8 Å².